The lowest BCUT2D eigenvalue weighted by molar-refractivity contribution is -0.0500. The minimum atomic E-state index is -5.60. The van der Waals surface area contributed by atoms with Gasteiger partial charge in [0.2, 0.25) is 0 Å². The Morgan fingerprint density at radius 3 is 2.31 bits per heavy atom. The summed E-state index contributed by atoms with van der Waals surface area (Å²) in [6.45, 7) is 0. The highest BCUT2D eigenvalue weighted by Gasteiger charge is 2.48. The van der Waals surface area contributed by atoms with Crippen LogP contribution < -0.4 is 4.18 Å². The van der Waals surface area contributed by atoms with Gasteiger partial charge in [0.25, 0.3) is 0 Å². The van der Waals surface area contributed by atoms with E-state index >= 15 is 0 Å². The van der Waals surface area contributed by atoms with E-state index in [1.807, 2.05) is 0 Å². The van der Waals surface area contributed by atoms with Crippen LogP contribution in [0.5, 0.6) is 5.75 Å². The maximum absolute atomic E-state index is 12.0. The van der Waals surface area contributed by atoms with E-state index < -0.39 is 15.6 Å². The summed E-state index contributed by atoms with van der Waals surface area (Å²) in [4.78, 5) is 0.315. The molecule has 16 heavy (non-hydrogen) atoms. The fourth-order valence-corrected chi connectivity index (χ4v) is 1.91. The average molecular weight is 272 g/mol. The summed E-state index contributed by atoms with van der Waals surface area (Å²) in [7, 11) is -5.60. The van der Waals surface area contributed by atoms with Crippen molar-refractivity contribution in [1.82, 2.24) is 0 Å². The average Bonchev–Trinajstić information content (AvgIpc) is 2.16. The van der Waals surface area contributed by atoms with Crippen molar-refractivity contribution < 1.29 is 25.8 Å². The molecule has 0 aromatic heterocycles. The predicted molar refractivity (Wildman–Crippen MR) is 53.8 cm³/mol. The molecule has 0 saturated carbocycles. The lowest BCUT2D eigenvalue weighted by Gasteiger charge is -2.11. The molecule has 8 heteroatoms. The van der Waals surface area contributed by atoms with E-state index in [2.05, 4.69) is 4.18 Å². The van der Waals surface area contributed by atoms with Gasteiger partial charge >= 0.3 is 15.6 Å². The lowest BCUT2D eigenvalue weighted by Crippen LogP contribution is -2.28. The standard InChI is InChI=1S/C8H7F3O3S2/c1-15-7-5-3-2-4-6(7)14-16(12,13)8(9,10)11/h2-5H,1H3. The first kappa shape index (κ1) is 13.2. The molecule has 3 nitrogen and oxygen atoms in total. The van der Waals surface area contributed by atoms with Gasteiger partial charge in [0, 0.05) is 0 Å². The predicted octanol–water partition coefficient (Wildman–Crippen LogP) is 2.64. The van der Waals surface area contributed by atoms with Crippen molar-refractivity contribution in [3.63, 3.8) is 0 Å². The zero-order valence-corrected chi connectivity index (χ0v) is 9.62. The van der Waals surface area contributed by atoms with Crippen LogP contribution in [-0.4, -0.2) is 20.2 Å². The quantitative estimate of drug-likeness (QED) is 0.482. The molecule has 0 amide bonds. The Hall–Kier alpha value is -0.890. The molecule has 1 aromatic carbocycles. The molecule has 0 spiro atoms. The molecule has 1 rings (SSSR count). The number of para-hydroxylation sites is 1. The first-order chi connectivity index (χ1) is 7.28. The Morgan fingerprint density at radius 1 is 1.25 bits per heavy atom. The van der Waals surface area contributed by atoms with E-state index in [4.69, 9.17) is 0 Å². The normalized spacial score (nSPS) is 12.5. The summed E-state index contributed by atoms with van der Waals surface area (Å²) in [5.74, 6) is -0.327. The van der Waals surface area contributed by atoms with Gasteiger partial charge < -0.3 is 4.18 Å². The SMILES string of the molecule is CSc1ccccc1OS(=O)(=O)C(F)(F)F. The van der Waals surface area contributed by atoms with Crippen molar-refractivity contribution in [2.75, 3.05) is 6.26 Å². The van der Waals surface area contributed by atoms with Gasteiger partial charge in [0.15, 0.2) is 5.75 Å². The van der Waals surface area contributed by atoms with E-state index in [1.54, 1.807) is 12.3 Å². The summed E-state index contributed by atoms with van der Waals surface area (Å²) >= 11 is 1.09. The van der Waals surface area contributed by atoms with E-state index in [0.717, 1.165) is 17.8 Å². The molecule has 0 heterocycles. The molecule has 0 aliphatic carbocycles. The second-order valence-corrected chi connectivity index (χ2v) is 5.02. The molecule has 90 valence electrons. The highest BCUT2D eigenvalue weighted by Crippen LogP contribution is 2.32. The highest BCUT2D eigenvalue weighted by molar-refractivity contribution is 7.98. The molecule has 0 bridgehead atoms. The van der Waals surface area contributed by atoms with Gasteiger partial charge in [-0.05, 0) is 18.4 Å². The first-order valence-electron chi connectivity index (χ1n) is 3.91. The van der Waals surface area contributed by atoms with Crippen molar-refractivity contribution in [2.24, 2.45) is 0 Å². The van der Waals surface area contributed by atoms with E-state index in [1.165, 1.54) is 12.1 Å². The second kappa shape index (κ2) is 4.54. The summed E-state index contributed by atoms with van der Waals surface area (Å²) in [6.07, 6.45) is 1.60. The third-order valence-electron chi connectivity index (χ3n) is 1.55. The van der Waals surface area contributed by atoms with Crippen LogP contribution in [0.2, 0.25) is 0 Å². The smallest absolute Gasteiger partial charge is 0.375 e. The zero-order valence-electron chi connectivity index (χ0n) is 7.98. The van der Waals surface area contributed by atoms with Crippen LogP contribution in [0.3, 0.4) is 0 Å². The topological polar surface area (TPSA) is 43.4 Å². The fourth-order valence-electron chi connectivity index (χ4n) is 0.853. The molecule has 0 atom stereocenters. The van der Waals surface area contributed by atoms with Crippen molar-refractivity contribution in [2.45, 2.75) is 10.4 Å². The summed E-state index contributed by atoms with van der Waals surface area (Å²) in [5.41, 5.74) is -5.42. The number of alkyl halides is 3. The Morgan fingerprint density at radius 2 is 1.81 bits per heavy atom. The van der Waals surface area contributed by atoms with Crippen LogP contribution in [0, 0.1) is 0 Å². The summed E-state index contributed by atoms with van der Waals surface area (Å²) in [6, 6.07) is 5.58. The lowest BCUT2D eigenvalue weighted by atomic mass is 10.3. The molecule has 0 N–H and O–H groups in total. The Bertz CT molecular complexity index is 468. The van der Waals surface area contributed by atoms with Crippen molar-refractivity contribution in [3.8, 4) is 5.75 Å². The third kappa shape index (κ3) is 2.82. The Kier molecular flexibility index (Phi) is 3.74. The third-order valence-corrected chi connectivity index (χ3v) is 3.30. The Labute approximate surface area is 94.7 Å². The van der Waals surface area contributed by atoms with Gasteiger partial charge in [-0.3, -0.25) is 0 Å². The molecular formula is C8H7F3O3S2. The minimum Gasteiger partial charge on any atom is -0.375 e. The Balaban J connectivity index is 3.06. The number of hydrogen-bond acceptors (Lipinski definition) is 4. The molecule has 0 unspecified atom stereocenters. The minimum absolute atomic E-state index is 0.315. The van der Waals surface area contributed by atoms with Crippen LogP contribution in [0.25, 0.3) is 0 Å². The van der Waals surface area contributed by atoms with Crippen molar-refractivity contribution in [3.05, 3.63) is 24.3 Å². The largest absolute Gasteiger partial charge is 0.534 e. The van der Waals surface area contributed by atoms with Crippen molar-refractivity contribution in [1.29, 1.82) is 0 Å². The molecule has 0 radical (unpaired) electrons. The number of hydrogen-bond donors (Lipinski definition) is 0. The summed E-state index contributed by atoms with van der Waals surface area (Å²) < 4.78 is 61.6. The van der Waals surface area contributed by atoms with Crippen molar-refractivity contribution >= 4 is 21.9 Å². The van der Waals surface area contributed by atoms with E-state index in [-0.39, 0.29) is 5.75 Å². The maximum atomic E-state index is 12.0. The van der Waals surface area contributed by atoms with Crippen LogP contribution in [0.4, 0.5) is 13.2 Å². The highest BCUT2D eigenvalue weighted by atomic mass is 32.2. The van der Waals surface area contributed by atoms with Crippen LogP contribution in [0.1, 0.15) is 0 Å². The number of benzene rings is 1. The van der Waals surface area contributed by atoms with Crippen LogP contribution in [-0.2, 0) is 10.1 Å². The van der Waals surface area contributed by atoms with E-state index in [0.29, 0.717) is 4.90 Å². The molecule has 0 fully saturated rings. The number of rotatable bonds is 3. The zero-order chi connectivity index (χ0) is 12.4. The van der Waals surface area contributed by atoms with Gasteiger partial charge in [0.05, 0.1) is 4.90 Å². The molecular weight excluding hydrogens is 265 g/mol. The number of halogens is 3. The van der Waals surface area contributed by atoms with Gasteiger partial charge in [0.1, 0.15) is 0 Å². The second-order valence-electron chi connectivity index (χ2n) is 2.63. The monoisotopic (exact) mass is 272 g/mol. The van der Waals surface area contributed by atoms with Gasteiger partial charge in [-0.25, -0.2) is 0 Å². The molecule has 0 aliphatic heterocycles. The molecule has 1 aromatic rings. The number of thioether (sulfide) groups is 1. The summed E-state index contributed by atoms with van der Waals surface area (Å²) in [5, 5.41) is 0. The maximum Gasteiger partial charge on any atom is 0.534 e. The molecule has 0 aliphatic rings. The molecule has 0 saturated heterocycles. The van der Waals surface area contributed by atoms with Gasteiger partial charge in [-0.15, -0.1) is 11.8 Å². The van der Waals surface area contributed by atoms with Crippen LogP contribution in [0.15, 0.2) is 29.2 Å². The van der Waals surface area contributed by atoms with Crippen LogP contribution >= 0.6 is 11.8 Å². The van der Waals surface area contributed by atoms with E-state index in [9.17, 15) is 21.6 Å². The fraction of sp³-hybridized carbons (Fsp3) is 0.250. The first-order valence-corrected chi connectivity index (χ1v) is 6.55. The van der Waals surface area contributed by atoms with Gasteiger partial charge in [-0.2, -0.15) is 21.6 Å². The van der Waals surface area contributed by atoms with Gasteiger partial charge in [-0.1, -0.05) is 12.1 Å².